The highest BCUT2D eigenvalue weighted by Gasteiger charge is 2.30. The topological polar surface area (TPSA) is 123 Å². The van der Waals surface area contributed by atoms with Crippen molar-refractivity contribution in [2.75, 3.05) is 24.9 Å². The van der Waals surface area contributed by atoms with Gasteiger partial charge in [-0.2, -0.15) is 0 Å². The Morgan fingerprint density at radius 1 is 0.800 bits per heavy atom. The average Bonchev–Trinajstić information content (AvgIpc) is 3.67. The summed E-state index contributed by atoms with van der Waals surface area (Å²) in [6.07, 6.45) is 1.57. The molecule has 0 heterocycles. The molecule has 0 spiro atoms. The molecule has 10 heteroatoms. The predicted molar refractivity (Wildman–Crippen MR) is 132 cm³/mol. The van der Waals surface area contributed by atoms with Crippen LogP contribution in [0.15, 0.2) is 71.6 Å². The van der Waals surface area contributed by atoms with E-state index in [-0.39, 0.29) is 28.2 Å². The molecule has 0 aromatic heterocycles. The molecule has 182 valence electrons. The number of para-hydroxylation sites is 2. The van der Waals surface area contributed by atoms with Gasteiger partial charge in [-0.3, -0.25) is 9.59 Å². The molecule has 0 atom stereocenters. The first-order valence-corrected chi connectivity index (χ1v) is 12.3. The number of ether oxygens (including phenoxy) is 2. The lowest BCUT2D eigenvalue weighted by Gasteiger charge is -2.13. The Labute approximate surface area is 203 Å². The molecule has 35 heavy (non-hydrogen) atoms. The van der Waals surface area contributed by atoms with Gasteiger partial charge in [-0.1, -0.05) is 12.1 Å². The summed E-state index contributed by atoms with van der Waals surface area (Å²) in [6, 6.07) is 17.5. The van der Waals surface area contributed by atoms with Crippen molar-refractivity contribution in [3.8, 4) is 11.5 Å². The first-order valence-electron chi connectivity index (χ1n) is 10.9. The lowest BCUT2D eigenvalue weighted by atomic mass is 10.1. The Kier molecular flexibility index (Phi) is 7.04. The second-order valence-electron chi connectivity index (χ2n) is 7.95. The number of rotatable bonds is 9. The van der Waals surface area contributed by atoms with Crippen LogP contribution in [-0.4, -0.2) is 40.5 Å². The Balaban J connectivity index is 1.46. The van der Waals surface area contributed by atoms with Crippen molar-refractivity contribution < 1.29 is 27.5 Å². The third-order valence-corrected chi connectivity index (χ3v) is 6.92. The van der Waals surface area contributed by atoms with E-state index in [1.165, 1.54) is 32.4 Å². The molecule has 3 N–H and O–H groups in total. The van der Waals surface area contributed by atoms with Gasteiger partial charge in [0, 0.05) is 22.9 Å². The van der Waals surface area contributed by atoms with Gasteiger partial charge >= 0.3 is 0 Å². The van der Waals surface area contributed by atoms with Crippen LogP contribution >= 0.6 is 0 Å². The van der Waals surface area contributed by atoms with E-state index in [0.717, 1.165) is 12.8 Å². The van der Waals surface area contributed by atoms with Gasteiger partial charge in [-0.15, -0.1) is 0 Å². The van der Waals surface area contributed by atoms with E-state index in [2.05, 4.69) is 15.4 Å². The highest BCUT2D eigenvalue weighted by Crippen LogP contribution is 2.29. The molecule has 0 aliphatic heterocycles. The number of sulfonamides is 1. The van der Waals surface area contributed by atoms with Crippen molar-refractivity contribution in [1.29, 1.82) is 0 Å². The Morgan fingerprint density at radius 2 is 1.43 bits per heavy atom. The van der Waals surface area contributed by atoms with E-state index in [1.54, 1.807) is 48.5 Å². The van der Waals surface area contributed by atoms with E-state index < -0.39 is 15.9 Å². The Morgan fingerprint density at radius 3 is 2.09 bits per heavy atom. The molecule has 0 saturated heterocycles. The molecule has 1 aliphatic rings. The lowest BCUT2D eigenvalue weighted by Crippen LogP contribution is -2.26. The minimum Gasteiger partial charge on any atom is -0.495 e. The van der Waals surface area contributed by atoms with E-state index in [0.29, 0.717) is 22.7 Å². The van der Waals surface area contributed by atoms with Crippen molar-refractivity contribution in [1.82, 2.24) is 4.72 Å². The molecule has 3 aromatic carbocycles. The first kappa shape index (κ1) is 24.2. The van der Waals surface area contributed by atoms with Crippen molar-refractivity contribution in [3.63, 3.8) is 0 Å². The van der Waals surface area contributed by atoms with Crippen molar-refractivity contribution in [3.05, 3.63) is 77.9 Å². The molecule has 0 unspecified atom stereocenters. The maximum Gasteiger partial charge on any atom is 0.255 e. The number of amides is 2. The van der Waals surface area contributed by atoms with E-state index in [4.69, 9.17) is 9.47 Å². The lowest BCUT2D eigenvalue weighted by molar-refractivity contribution is 0.101. The Bertz CT molecular complexity index is 1350. The normalized spacial score (nSPS) is 13.1. The third-order valence-electron chi connectivity index (χ3n) is 5.37. The average molecular weight is 496 g/mol. The number of carbonyl (C=O) groups is 2. The molecule has 9 nitrogen and oxygen atoms in total. The fourth-order valence-electron chi connectivity index (χ4n) is 3.36. The number of methoxy groups -OCH3 is 2. The molecule has 1 saturated carbocycles. The van der Waals surface area contributed by atoms with Gasteiger partial charge in [-0.25, -0.2) is 13.1 Å². The first-order chi connectivity index (χ1) is 16.8. The van der Waals surface area contributed by atoms with E-state index in [1.807, 2.05) is 0 Å². The summed E-state index contributed by atoms with van der Waals surface area (Å²) >= 11 is 0. The zero-order valence-electron chi connectivity index (χ0n) is 19.2. The van der Waals surface area contributed by atoms with Gasteiger partial charge in [0.15, 0.2) is 0 Å². The molecular formula is C25H25N3O6S. The van der Waals surface area contributed by atoms with Crippen molar-refractivity contribution in [2.45, 2.75) is 23.8 Å². The van der Waals surface area contributed by atoms with E-state index >= 15 is 0 Å². The summed E-state index contributed by atoms with van der Waals surface area (Å²) in [5.41, 5.74) is 1.52. The standard InChI is InChI=1S/C25H25N3O6S/c1-33-21-6-4-3-5-20(21)27-24(29)16-7-10-18(11-8-16)26-25(30)17-9-14-22(34-2)23(15-17)35(31,32)28-19-12-13-19/h3-11,14-15,19,28H,12-13H2,1-2H3,(H,26,30)(H,27,29). The van der Waals surface area contributed by atoms with Crippen LogP contribution in [0.4, 0.5) is 11.4 Å². The van der Waals surface area contributed by atoms with Crippen LogP contribution in [-0.2, 0) is 10.0 Å². The Hall–Kier alpha value is -3.89. The zero-order valence-corrected chi connectivity index (χ0v) is 20.0. The van der Waals surface area contributed by atoms with Gasteiger partial charge in [0.2, 0.25) is 10.0 Å². The minimum absolute atomic E-state index is 0.0825. The second-order valence-corrected chi connectivity index (χ2v) is 9.63. The molecule has 1 aliphatic carbocycles. The fourth-order valence-corrected chi connectivity index (χ4v) is 4.86. The third kappa shape index (κ3) is 5.79. The largest absolute Gasteiger partial charge is 0.495 e. The molecule has 2 amide bonds. The molecule has 0 radical (unpaired) electrons. The molecule has 1 fully saturated rings. The van der Waals surface area contributed by atoms with Gasteiger partial charge in [0.25, 0.3) is 11.8 Å². The summed E-state index contributed by atoms with van der Waals surface area (Å²) in [4.78, 5) is 25.3. The summed E-state index contributed by atoms with van der Waals surface area (Å²) in [5.74, 6) is -0.139. The molecule has 0 bridgehead atoms. The summed E-state index contributed by atoms with van der Waals surface area (Å²) in [5, 5.41) is 5.50. The van der Waals surface area contributed by atoms with Crippen LogP contribution in [0.5, 0.6) is 11.5 Å². The van der Waals surface area contributed by atoms with Crippen LogP contribution in [0.25, 0.3) is 0 Å². The van der Waals surface area contributed by atoms with Crippen LogP contribution < -0.4 is 24.8 Å². The van der Waals surface area contributed by atoms with Crippen LogP contribution in [0.2, 0.25) is 0 Å². The number of carbonyl (C=O) groups excluding carboxylic acids is 2. The molecule has 4 rings (SSSR count). The number of benzene rings is 3. The van der Waals surface area contributed by atoms with Crippen molar-refractivity contribution in [2.24, 2.45) is 0 Å². The van der Waals surface area contributed by atoms with Gasteiger partial charge in [0.05, 0.1) is 19.9 Å². The monoisotopic (exact) mass is 495 g/mol. The van der Waals surface area contributed by atoms with Crippen LogP contribution in [0.3, 0.4) is 0 Å². The molecular weight excluding hydrogens is 470 g/mol. The second kappa shape index (κ2) is 10.2. The smallest absolute Gasteiger partial charge is 0.255 e. The van der Waals surface area contributed by atoms with Gasteiger partial charge < -0.3 is 20.1 Å². The van der Waals surface area contributed by atoms with Gasteiger partial charge in [0.1, 0.15) is 16.4 Å². The maximum absolute atomic E-state index is 12.8. The summed E-state index contributed by atoms with van der Waals surface area (Å²) < 4.78 is 38.4. The SMILES string of the molecule is COc1ccccc1NC(=O)c1ccc(NC(=O)c2ccc(OC)c(S(=O)(=O)NC3CC3)c2)cc1. The summed E-state index contributed by atoms with van der Waals surface area (Å²) in [7, 11) is -0.930. The molecule has 3 aromatic rings. The quantitative estimate of drug-likeness (QED) is 0.417. The van der Waals surface area contributed by atoms with Crippen LogP contribution in [0, 0.1) is 0 Å². The summed E-state index contributed by atoms with van der Waals surface area (Å²) in [6.45, 7) is 0. The number of nitrogens with one attached hydrogen (secondary N) is 3. The maximum atomic E-state index is 12.8. The van der Waals surface area contributed by atoms with Crippen molar-refractivity contribution >= 4 is 33.2 Å². The number of hydrogen-bond donors (Lipinski definition) is 3. The highest BCUT2D eigenvalue weighted by molar-refractivity contribution is 7.89. The van der Waals surface area contributed by atoms with E-state index in [9.17, 15) is 18.0 Å². The zero-order chi connectivity index (χ0) is 25.0. The highest BCUT2D eigenvalue weighted by atomic mass is 32.2. The number of anilines is 2. The number of hydrogen-bond acceptors (Lipinski definition) is 6. The fraction of sp³-hybridized carbons (Fsp3) is 0.200. The van der Waals surface area contributed by atoms with Gasteiger partial charge in [-0.05, 0) is 67.4 Å². The minimum atomic E-state index is -3.82. The predicted octanol–water partition coefficient (Wildman–Crippen LogP) is 3.65. The van der Waals surface area contributed by atoms with Crippen LogP contribution in [0.1, 0.15) is 33.6 Å².